The van der Waals surface area contributed by atoms with Crippen LogP contribution in [0.15, 0.2) is 29.2 Å². The first kappa shape index (κ1) is 16.5. The van der Waals surface area contributed by atoms with Gasteiger partial charge in [-0.25, -0.2) is 8.42 Å². The second-order valence-corrected chi connectivity index (χ2v) is 8.40. The van der Waals surface area contributed by atoms with Crippen LogP contribution in [0.1, 0.15) is 39.2 Å². The van der Waals surface area contributed by atoms with Crippen molar-refractivity contribution in [2.24, 2.45) is 5.41 Å². The van der Waals surface area contributed by atoms with Crippen LogP contribution >= 0.6 is 0 Å². The number of nitrogens with zero attached hydrogens (tertiary/aromatic N) is 1. The van der Waals surface area contributed by atoms with Gasteiger partial charge in [-0.3, -0.25) is 0 Å². The minimum Gasteiger partial charge on any atom is -0.313 e. The zero-order valence-electron chi connectivity index (χ0n) is 13.2. The van der Waals surface area contributed by atoms with Crippen molar-refractivity contribution in [2.75, 3.05) is 19.6 Å². The van der Waals surface area contributed by atoms with Crippen LogP contribution in [0.3, 0.4) is 0 Å². The Bertz CT molecular complexity index is 582. The molecule has 1 aromatic carbocycles. The molecular formula is C16H26N2O2S. The minimum absolute atomic E-state index is 0.0575. The Morgan fingerprint density at radius 1 is 1.29 bits per heavy atom. The topological polar surface area (TPSA) is 49.4 Å². The third kappa shape index (κ3) is 3.84. The highest BCUT2D eigenvalue weighted by Gasteiger charge is 2.34. The molecule has 0 amide bonds. The monoisotopic (exact) mass is 310 g/mol. The van der Waals surface area contributed by atoms with Crippen molar-refractivity contribution >= 4 is 10.0 Å². The van der Waals surface area contributed by atoms with Gasteiger partial charge in [-0.1, -0.05) is 39.0 Å². The van der Waals surface area contributed by atoms with Gasteiger partial charge in [0, 0.05) is 19.6 Å². The summed E-state index contributed by atoms with van der Waals surface area (Å²) in [7, 11) is -3.40. The number of nitrogens with one attached hydrogen (secondary N) is 1. The fourth-order valence-corrected chi connectivity index (χ4v) is 4.76. The quantitative estimate of drug-likeness (QED) is 0.909. The summed E-state index contributed by atoms with van der Waals surface area (Å²) >= 11 is 0. The molecule has 1 fully saturated rings. The van der Waals surface area contributed by atoms with Crippen molar-refractivity contribution in [3.05, 3.63) is 29.8 Å². The van der Waals surface area contributed by atoms with Gasteiger partial charge in [0.2, 0.25) is 10.0 Å². The summed E-state index contributed by atoms with van der Waals surface area (Å²) in [5.74, 6) is 0. The molecule has 0 atom stereocenters. The van der Waals surface area contributed by atoms with Gasteiger partial charge in [-0.2, -0.15) is 4.31 Å². The summed E-state index contributed by atoms with van der Waals surface area (Å²) in [5.41, 5.74) is 0.907. The normalized spacial score (nSPS) is 19.6. The number of hydrogen-bond acceptors (Lipinski definition) is 3. The zero-order valence-corrected chi connectivity index (χ0v) is 14.0. The highest BCUT2D eigenvalue weighted by Crippen LogP contribution is 2.32. The maximum atomic E-state index is 13.0. The molecule has 1 aromatic rings. The first-order valence-corrected chi connectivity index (χ1v) is 9.09. The van der Waals surface area contributed by atoms with Crippen molar-refractivity contribution in [1.29, 1.82) is 0 Å². The third-order valence-electron chi connectivity index (χ3n) is 4.02. The lowest BCUT2D eigenvalue weighted by Gasteiger charge is -2.37. The Morgan fingerprint density at radius 3 is 2.67 bits per heavy atom. The van der Waals surface area contributed by atoms with Crippen molar-refractivity contribution < 1.29 is 8.42 Å². The molecule has 0 saturated carbocycles. The maximum Gasteiger partial charge on any atom is 0.243 e. The van der Waals surface area contributed by atoms with Crippen LogP contribution in [-0.2, 0) is 16.6 Å². The van der Waals surface area contributed by atoms with Gasteiger partial charge in [-0.05, 0) is 36.4 Å². The molecule has 0 radical (unpaired) electrons. The lowest BCUT2D eigenvalue weighted by Crippen LogP contribution is -2.43. The summed E-state index contributed by atoms with van der Waals surface area (Å²) < 4.78 is 27.6. The predicted octanol–water partition coefficient (Wildman–Crippen LogP) is 2.61. The summed E-state index contributed by atoms with van der Waals surface area (Å²) in [4.78, 5) is 0.448. The van der Waals surface area contributed by atoms with Crippen LogP contribution < -0.4 is 5.32 Å². The average molecular weight is 310 g/mol. The first-order chi connectivity index (χ1) is 9.87. The largest absolute Gasteiger partial charge is 0.313 e. The van der Waals surface area contributed by atoms with E-state index in [9.17, 15) is 8.42 Å². The van der Waals surface area contributed by atoms with E-state index in [1.807, 2.05) is 19.1 Å². The minimum atomic E-state index is -3.40. The molecule has 21 heavy (non-hydrogen) atoms. The summed E-state index contributed by atoms with van der Waals surface area (Å²) in [6.45, 7) is 8.93. The Labute approximate surface area is 128 Å². The van der Waals surface area contributed by atoms with Crippen molar-refractivity contribution in [2.45, 2.75) is 45.1 Å². The van der Waals surface area contributed by atoms with E-state index >= 15 is 0 Å². The van der Waals surface area contributed by atoms with Gasteiger partial charge in [-0.15, -0.1) is 0 Å². The molecule has 1 saturated heterocycles. The van der Waals surface area contributed by atoms with E-state index in [0.717, 1.165) is 24.9 Å². The molecule has 2 rings (SSSR count). The van der Waals surface area contributed by atoms with Crippen LogP contribution in [0.2, 0.25) is 0 Å². The van der Waals surface area contributed by atoms with Crippen LogP contribution in [-0.4, -0.2) is 32.4 Å². The van der Waals surface area contributed by atoms with E-state index in [1.165, 1.54) is 0 Å². The lowest BCUT2D eigenvalue weighted by molar-refractivity contribution is 0.187. The van der Waals surface area contributed by atoms with Gasteiger partial charge in [0.05, 0.1) is 4.90 Å². The van der Waals surface area contributed by atoms with Crippen molar-refractivity contribution in [3.63, 3.8) is 0 Å². The molecule has 118 valence electrons. The van der Waals surface area contributed by atoms with Gasteiger partial charge < -0.3 is 5.32 Å². The molecule has 0 bridgehead atoms. The standard InChI is InChI=1S/C16H26N2O2S/c1-4-17-12-14-8-5-6-9-15(14)21(19,20)18-11-7-10-16(2,3)13-18/h5-6,8-9,17H,4,7,10-13H2,1-3H3. The summed E-state index contributed by atoms with van der Waals surface area (Å²) in [6, 6.07) is 7.32. The number of benzene rings is 1. The highest BCUT2D eigenvalue weighted by atomic mass is 32.2. The molecular weight excluding hydrogens is 284 g/mol. The molecule has 0 unspecified atom stereocenters. The molecule has 0 aromatic heterocycles. The fourth-order valence-electron chi connectivity index (χ4n) is 2.87. The number of hydrogen-bond donors (Lipinski definition) is 1. The Kier molecular flexibility index (Phi) is 5.07. The summed E-state index contributed by atoms with van der Waals surface area (Å²) in [6.07, 6.45) is 2.01. The Morgan fingerprint density at radius 2 is 2.00 bits per heavy atom. The third-order valence-corrected chi connectivity index (χ3v) is 5.97. The van der Waals surface area contributed by atoms with E-state index in [4.69, 9.17) is 0 Å². The Balaban J connectivity index is 2.31. The molecule has 1 N–H and O–H groups in total. The SMILES string of the molecule is CCNCc1ccccc1S(=O)(=O)N1CCCC(C)(C)C1. The second-order valence-electron chi connectivity index (χ2n) is 6.49. The predicted molar refractivity (Wildman–Crippen MR) is 85.6 cm³/mol. The van der Waals surface area contributed by atoms with Crippen molar-refractivity contribution in [1.82, 2.24) is 9.62 Å². The molecule has 4 nitrogen and oxygen atoms in total. The fraction of sp³-hybridized carbons (Fsp3) is 0.625. The number of rotatable bonds is 5. The van der Waals surface area contributed by atoms with Gasteiger partial charge >= 0.3 is 0 Å². The van der Waals surface area contributed by atoms with E-state index in [0.29, 0.717) is 24.5 Å². The van der Waals surface area contributed by atoms with E-state index in [2.05, 4.69) is 19.2 Å². The number of sulfonamides is 1. The zero-order chi connectivity index (χ0) is 15.5. The summed E-state index contributed by atoms with van der Waals surface area (Å²) in [5, 5.41) is 3.21. The Hall–Kier alpha value is -0.910. The van der Waals surface area contributed by atoms with E-state index in [-0.39, 0.29) is 5.41 Å². The van der Waals surface area contributed by atoms with Crippen LogP contribution in [0, 0.1) is 5.41 Å². The second kappa shape index (κ2) is 6.46. The molecule has 1 aliphatic heterocycles. The van der Waals surface area contributed by atoms with Crippen LogP contribution in [0.4, 0.5) is 0 Å². The molecule has 0 spiro atoms. The highest BCUT2D eigenvalue weighted by molar-refractivity contribution is 7.89. The average Bonchev–Trinajstić information content (AvgIpc) is 2.44. The first-order valence-electron chi connectivity index (χ1n) is 7.65. The van der Waals surface area contributed by atoms with Gasteiger partial charge in [0.1, 0.15) is 0 Å². The van der Waals surface area contributed by atoms with Crippen LogP contribution in [0.25, 0.3) is 0 Å². The van der Waals surface area contributed by atoms with Gasteiger partial charge in [0.25, 0.3) is 0 Å². The molecule has 0 aliphatic carbocycles. The van der Waals surface area contributed by atoms with Crippen LogP contribution in [0.5, 0.6) is 0 Å². The lowest BCUT2D eigenvalue weighted by atomic mass is 9.85. The van der Waals surface area contributed by atoms with Crippen molar-refractivity contribution in [3.8, 4) is 0 Å². The smallest absolute Gasteiger partial charge is 0.243 e. The molecule has 5 heteroatoms. The van der Waals surface area contributed by atoms with E-state index in [1.54, 1.807) is 16.4 Å². The maximum absolute atomic E-state index is 13.0. The molecule has 1 heterocycles. The molecule has 1 aliphatic rings. The van der Waals surface area contributed by atoms with Gasteiger partial charge in [0.15, 0.2) is 0 Å². The van der Waals surface area contributed by atoms with E-state index < -0.39 is 10.0 Å². The number of piperidine rings is 1.